The summed E-state index contributed by atoms with van der Waals surface area (Å²) >= 11 is 0. The molecule has 0 amide bonds. The summed E-state index contributed by atoms with van der Waals surface area (Å²) < 4.78 is 10.8. The Balaban J connectivity index is 1.91. The van der Waals surface area contributed by atoms with Crippen LogP contribution in [0.2, 0.25) is 0 Å². The van der Waals surface area contributed by atoms with E-state index in [1.54, 1.807) is 7.11 Å². The van der Waals surface area contributed by atoms with Gasteiger partial charge in [0.1, 0.15) is 5.75 Å². The molecule has 3 rings (SSSR count). The molecule has 0 saturated carbocycles. The molecule has 2 aromatic rings. The zero-order valence-corrected chi connectivity index (χ0v) is 17.3. The third-order valence-corrected chi connectivity index (χ3v) is 5.86. The van der Waals surface area contributed by atoms with Gasteiger partial charge in [-0.15, -0.1) is 0 Å². The summed E-state index contributed by atoms with van der Waals surface area (Å²) in [5, 5.41) is 0. The van der Waals surface area contributed by atoms with Crippen LogP contribution in [0.15, 0.2) is 36.4 Å². The number of carbonyl (C=O) groups excluding carboxylic acids is 1. The van der Waals surface area contributed by atoms with Gasteiger partial charge in [0.25, 0.3) is 0 Å². The van der Waals surface area contributed by atoms with Gasteiger partial charge in [-0.25, -0.2) is 4.79 Å². The number of rotatable bonds is 4. The van der Waals surface area contributed by atoms with Crippen LogP contribution in [0.3, 0.4) is 0 Å². The minimum absolute atomic E-state index is 0.0649. The minimum Gasteiger partial charge on any atom is -0.423 e. The molecule has 0 aromatic heterocycles. The molecule has 144 valence electrons. The van der Waals surface area contributed by atoms with E-state index in [2.05, 4.69) is 39.8 Å². The van der Waals surface area contributed by atoms with Crippen LogP contribution in [-0.4, -0.2) is 13.1 Å². The van der Waals surface area contributed by atoms with E-state index in [9.17, 15) is 4.79 Å². The van der Waals surface area contributed by atoms with E-state index in [-0.39, 0.29) is 16.8 Å². The summed E-state index contributed by atoms with van der Waals surface area (Å²) in [6.07, 6.45) is 2.27. The topological polar surface area (TPSA) is 35.5 Å². The number of hydrogen-bond donors (Lipinski definition) is 0. The maximum absolute atomic E-state index is 12.9. The lowest BCUT2D eigenvalue weighted by atomic mass is 9.62. The molecule has 0 atom stereocenters. The Kier molecular flexibility index (Phi) is 5.18. The maximum atomic E-state index is 12.9. The van der Waals surface area contributed by atoms with E-state index in [0.717, 1.165) is 24.0 Å². The Morgan fingerprint density at radius 1 is 0.963 bits per heavy atom. The Morgan fingerprint density at radius 2 is 1.52 bits per heavy atom. The highest BCUT2D eigenvalue weighted by Crippen LogP contribution is 2.46. The Morgan fingerprint density at radius 3 is 2.07 bits per heavy atom. The van der Waals surface area contributed by atoms with Crippen molar-refractivity contribution in [3.8, 4) is 5.75 Å². The average Bonchev–Trinajstić information content (AvgIpc) is 2.60. The fraction of sp³-hybridized carbons (Fsp3) is 0.458. The van der Waals surface area contributed by atoms with E-state index in [0.29, 0.717) is 17.9 Å². The van der Waals surface area contributed by atoms with Gasteiger partial charge < -0.3 is 9.47 Å². The van der Waals surface area contributed by atoms with Gasteiger partial charge in [-0.3, -0.25) is 0 Å². The van der Waals surface area contributed by atoms with Crippen molar-refractivity contribution in [3.63, 3.8) is 0 Å². The first-order valence-corrected chi connectivity index (χ1v) is 9.60. The molecule has 1 aliphatic carbocycles. The number of ether oxygens (including phenoxy) is 2. The standard InChI is InChI=1S/C24H30O3/c1-16-13-20-21(24(4,5)12-11-23(20,2)3)14-19(16)22(25)27-18-9-7-17(8-10-18)15-26-6/h7-10,13-14H,11-12,15H2,1-6H3. The third-order valence-electron chi connectivity index (χ3n) is 5.86. The van der Waals surface area contributed by atoms with E-state index < -0.39 is 0 Å². The number of carbonyl (C=O) groups is 1. The van der Waals surface area contributed by atoms with Crippen LogP contribution in [0.5, 0.6) is 5.75 Å². The quantitative estimate of drug-likeness (QED) is 0.513. The Hall–Kier alpha value is -2.13. The second-order valence-corrected chi connectivity index (χ2v) is 8.95. The molecule has 0 spiro atoms. The van der Waals surface area contributed by atoms with E-state index in [1.807, 2.05) is 31.2 Å². The third kappa shape index (κ3) is 3.93. The van der Waals surface area contributed by atoms with E-state index in [4.69, 9.17) is 9.47 Å². The fourth-order valence-corrected chi connectivity index (χ4v) is 3.92. The molecule has 0 bridgehead atoms. The van der Waals surface area contributed by atoms with Gasteiger partial charge in [-0.2, -0.15) is 0 Å². The van der Waals surface area contributed by atoms with Gasteiger partial charge in [-0.05, 0) is 71.0 Å². The highest BCUT2D eigenvalue weighted by Gasteiger charge is 2.38. The largest absolute Gasteiger partial charge is 0.423 e. The maximum Gasteiger partial charge on any atom is 0.343 e. The number of methoxy groups -OCH3 is 1. The van der Waals surface area contributed by atoms with Gasteiger partial charge in [0.15, 0.2) is 0 Å². The molecule has 3 heteroatoms. The molecule has 0 radical (unpaired) electrons. The van der Waals surface area contributed by atoms with Gasteiger partial charge in [0, 0.05) is 7.11 Å². The Bertz CT molecular complexity index is 845. The van der Waals surface area contributed by atoms with Crippen molar-refractivity contribution in [1.82, 2.24) is 0 Å². The van der Waals surface area contributed by atoms with Crippen molar-refractivity contribution in [1.29, 1.82) is 0 Å². The predicted molar refractivity (Wildman–Crippen MR) is 109 cm³/mol. The van der Waals surface area contributed by atoms with Crippen LogP contribution in [0.25, 0.3) is 0 Å². The van der Waals surface area contributed by atoms with Crippen molar-refractivity contribution in [3.05, 3.63) is 64.2 Å². The summed E-state index contributed by atoms with van der Waals surface area (Å²) in [5.74, 6) is 0.255. The zero-order chi connectivity index (χ0) is 19.8. The second-order valence-electron chi connectivity index (χ2n) is 8.95. The first-order valence-electron chi connectivity index (χ1n) is 9.60. The monoisotopic (exact) mass is 366 g/mol. The molecule has 3 nitrogen and oxygen atoms in total. The average molecular weight is 367 g/mol. The molecule has 0 N–H and O–H groups in total. The first kappa shape index (κ1) is 19.6. The normalized spacial score (nSPS) is 17.3. The van der Waals surface area contributed by atoms with Crippen LogP contribution in [-0.2, 0) is 22.2 Å². The smallest absolute Gasteiger partial charge is 0.343 e. The molecule has 1 aliphatic rings. The summed E-state index contributed by atoms with van der Waals surface area (Å²) in [6.45, 7) is 11.7. The van der Waals surface area contributed by atoms with Crippen molar-refractivity contribution >= 4 is 5.97 Å². The molecular weight excluding hydrogens is 336 g/mol. The zero-order valence-electron chi connectivity index (χ0n) is 17.3. The highest BCUT2D eigenvalue weighted by atomic mass is 16.5. The lowest BCUT2D eigenvalue weighted by Crippen LogP contribution is -2.34. The molecular formula is C24H30O3. The number of aryl methyl sites for hydroxylation is 1. The number of hydrogen-bond acceptors (Lipinski definition) is 3. The van der Waals surface area contributed by atoms with E-state index >= 15 is 0 Å². The van der Waals surface area contributed by atoms with Crippen LogP contribution in [0.4, 0.5) is 0 Å². The van der Waals surface area contributed by atoms with Crippen molar-refractivity contribution < 1.29 is 14.3 Å². The van der Waals surface area contributed by atoms with Crippen LogP contribution in [0.1, 0.15) is 73.1 Å². The van der Waals surface area contributed by atoms with Crippen molar-refractivity contribution in [2.24, 2.45) is 0 Å². The lowest BCUT2D eigenvalue weighted by molar-refractivity contribution is 0.0733. The number of esters is 1. The molecule has 0 saturated heterocycles. The molecule has 0 aliphatic heterocycles. The summed E-state index contributed by atoms with van der Waals surface area (Å²) in [4.78, 5) is 12.9. The molecule has 2 aromatic carbocycles. The first-order chi connectivity index (χ1) is 12.6. The fourth-order valence-electron chi connectivity index (χ4n) is 3.92. The lowest BCUT2D eigenvalue weighted by Gasteiger charge is -2.42. The minimum atomic E-state index is -0.297. The van der Waals surface area contributed by atoms with Crippen LogP contribution >= 0.6 is 0 Å². The van der Waals surface area contributed by atoms with Crippen LogP contribution in [0, 0.1) is 6.92 Å². The van der Waals surface area contributed by atoms with Gasteiger partial charge in [-0.1, -0.05) is 45.9 Å². The predicted octanol–water partition coefficient (Wildman–Crippen LogP) is 5.71. The molecule has 27 heavy (non-hydrogen) atoms. The summed E-state index contributed by atoms with van der Waals surface area (Å²) in [5.41, 5.74) is 5.50. The summed E-state index contributed by atoms with van der Waals surface area (Å²) in [7, 11) is 1.66. The molecule has 0 heterocycles. The SMILES string of the molecule is COCc1ccc(OC(=O)c2cc3c(cc2C)C(C)(C)CCC3(C)C)cc1. The number of fused-ring (bicyclic) bond motifs is 1. The van der Waals surface area contributed by atoms with Crippen molar-refractivity contribution in [2.45, 2.75) is 64.9 Å². The number of benzene rings is 2. The molecule has 0 fully saturated rings. The Labute approximate surface area is 162 Å². The van der Waals surface area contributed by atoms with E-state index in [1.165, 1.54) is 11.1 Å². The van der Waals surface area contributed by atoms with Crippen molar-refractivity contribution in [2.75, 3.05) is 7.11 Å². The summed E-state index contributed by atoms with van der Waals surface area (Å²) in [6, 6.07) is 11.7. The second kappa shape index (κ2) is 7.12. The van der Waals surface area contributed by atoms with Gasteiger partial charge in [0.2, 0.25) is 0 Å². The van der Waals surface area contributed by atoms with Gasteiger partial charge >= 0.3 is 5.97 Å². The van der Waals surface area contributed by atoms with Gasteiger partial charge in [0.05, 0.1) is 12.2 Å². The molecule has 0 unspecified atom stereocenters. The highest BCUT2D eigenvalue weighted by molar-refractivity contribution is 5.93. The van der Waals surface area contributed by atoms with Crippen LogP contribution < -0.4 is 4.74 Å².